The second kappa shape index (κ2) is 9.74. The number of fused-ring (bicyclic) bond motifs is 1. The predicted molar refractivity (Wildman–Crippen MR) is 127 cm³/mol. The molecule has 2 N–H and O–H groups in total. The molecular formula is C24H23N3O4S. The SMILES string of the molecule is O=C(Nc1ccccc1)c1c(N=Cc2cc([N+](=O)[O-])ccc2O)sc2c1CCCCCC2. The van der Waals surface area contributed by atoms with Gasteiger partial charge in [-0.25, -0.2) is 4.99 Å². The van der Waals surface area contributed by atoms with E-state index in [0.717, 1.165) is 37.7 Å². The van der Waals surface area contributed by atoms with Gasteiger partial charge in [0.15, 0.2) is 0 Å². The number of anilines is 1. The summed E-state index contributed by atoms with van der Waals surface area (Å²) in [7, 11) is 0. The molecule has 8 heteroatoms. The van der Waals surface area contributed by atoms with E-state index < -0.39 is 4.92 Å². The van der Waals surface area contributed by atoms with E-state index in [9.17, 15) is 20.0 Å². The maximum absolute atomic E-state index is 13.3. The van der Waals surface area contributed by atoms with Gasteiger partial charge in [0.25, 0.3) is 11.6 Å². The number of non-ortho nitro benzene ring substituents is 1. The number of carbonyl (C=O) groups is 1. The van der Waals surface area contributed by atoms with Gasteiger partial charge in [-0.05, 0) is 49.4 Å². The molecule has 0 unspecified atom stereocenters. The van der Waals surface area contributed by atoms with Crippen LogP contribution in [0.25, 0.3) is 0 Å². The minimum atomic E-state index is -0.521. The average Bonchev–Trinajstić information content (AvgIpc) is 3.10. The number of aryl methyl sites for hydroxylation is 1. The summed E-state index contributed by atoms with van der Waals surface area (Å²) in [4.78, 5) is 29.5. The molecule has 1 aromatic heterocycles. The summed E-state index contributed by atoms with van der Waals surface area (Å²) in [5.74, 6) is -0.325. The number of nitro benzene ring substituents is 1. The van der Waals surface area contributed by atoms with E-state index in [-0.39, 0.29) is 22.9 Å². The fraction of sp³-hybridized carbons (Fsp3) is 0.250. The first-order valence-electron chi connectivity index (χ1n) is 10.6. The summed E-state index contributed by atoms with van der Waals surface area (Å²) < 4.78 is 0. The lowest BCUT2D eigenvalue weighted by atomic mass is 9.96. The number of hydrogen-bond donors (Lipinski definition) is 2. The van der Waals surface area contributed by atoms with Crippen LogP contribution < -0.4 is 5.32 Å². The third-order valence-corrected chi connectivity index (χ3v) is 6.65. The Balaban J connectivity index is 1.73. The molecule has 0 atom stereocenters. The maximum atomic E-state index is 13.3. The van der Waals surface area contributed by atoms with Crippen molar-refractivity contribution in [1.82, 2.24) is 0 Å². The number of benzene rings is 2. The molecule has 0 saturated carbocycles. The van der Waals surface area contributed by atoms with Crippen molar-refractivity contribution in [3.63, 3.8) is 0 Å². The van der Waals surface area contributed by atoms with Crippen LogP contribution >= 0.6 is 11.3 Å². The van der Waals surface area contributed by atoms with Gasteiger partial charge in [0, 0.05) is 34.5 Å². The Morgan fingerprint density at radius 3 is 2.59 bits per heavy atom. The van der Waals surface area contributed by atoms with Crippen LogP contribution in [0.5, 0.6) is 5.75 Å². The molecule has 0 bridgehead atoms. The molecule has 3 aromatic rings. The molecule has 164 valence electrons. The number of rotatable bonds is 5. The van der Waals surface area contributed by atoms with E-state index in [4.69, 9.17) is 0 Å². The Labute approximate surface area is 189 Å². The molecule has 7 nitrogen and oxygen atoms in total. The van der Waals surface area contributed by atoms with E-state index >= 15 is 0 Å². The largest absolute Gasteiger partial charge is 0.507 e. The topological polar surface area (TPSA) is 105 Å². The van der Waals surface area contributed by atoms with Crippen molar-refractivity contribution in [2.45, 2.75) is 38.5 Å². The average molecular weight is 450 g/mol. The van der Waals surface area contributed by atoms with Crippen LogP contribution in [-0.2, 0) is 12.8 Å². The minimum absolute atomic E-state index is 0.107. The van der Waals surface area contributed by atoms with Gasteiger partial charge in [-0.1, -0.05) is 31.0 Å². The molecular weight excluding hydrogens is 426 g/mol. The van der Waals surface area contributed by atoms with Crippen LogP contribution in [0.1, 0.15) is 52.0 Å². The monoisotopic (exact) mass is 449 g/mol. The highest BCUT2D eigenvalue weighted by Crippen LogP contribution is 2.39. The van der Waals surface area contributed by atoms with Crippen molar-refractivity contribution in [3.05, 3.63) is 80.2 Å². The lowest BCUT2D eigenvalue weighted by Gasteiger charge is -2.12. The van der Waals surface area contributed by atoms with Gasteiger partial charge in [-0.15, -0.1) is 11.3 Å². The smallest absolute Gasteiger partial charge is 0.270 e. The number of para-hydroxylation sites is 1. The van der Waals surface area contributed by atoms with Gasteiger partial charge in [-0.3, -0.25) is 14.9 Å². The van der Waals surface area contributed by atoms with Gasteiger partial charge in [0.1, 0.15) is 10.8 Å². The third-order valence-electron chi connectivity index (χ3n) is 5.45. The van der Waals surface area contributed by atoms with E-state index in [1.807, 2.05) is 30.3 Å². The highest BCUT2D eigenvalue weighted by molar-refractivity contribution is 7.16. The zero-order valence-corrected chi connectivity index (χ0v) is 18.2. The minimum Gasteiger partial charge on any atom is -0.507 e. The fourth-order valence-electron chi connectivity index (χ4n) is 3.83. The third kappa shape index (κ3) is 4.86. The van der Waals surface area contributed by atoms with Crippen molar-refractivity contribution >= 4 is 39.8 Å². The quantitative estimate of drug-likeness (QED) is 0.282. The normalized spacial score (nSPS) is 13.9. The Morgan fingerprint density at radius 1 is 1.09 bits per heavy atom. The van der Waals surface area contributed by atoms with Crippen molar-refractivity contribution < 1.29 is 14.8 Å². The lowest BCUT2D eigenvalue weighted by molar-refractivity contribution is -0.384. The van der Waals surface area contributed by atoms with Crippen LogP contribution in [0.15, 0.2) is 53.5 Å². The number of amides is 1. The molecule has 32 heavy (non-hydrogen) atoms. The van der Waals surface area contributed by atoms with Crippen LogP contribution in [0.3, 0.4) is 0 Å². The second-order valence-corrected chi connectivity index (χ2v) is 8.76. The molecule has 0 aliphatic heterocycles. The van der Waals surface area contributed by atoms with E-state index in [1.165, 1.54) is 47.0 Å². The first-order chi connectivity index (χ1) is 15.5. The number of aromatic hydroxyl groups is 1. The first-order valence-corrected chi connectivity index (χ1v) is 11.4. The van der Waals surface area contributed by atoms with Gasteiger partial charge < -0.3 is 10.4 Å². The zero-order chi connectivity index (χ0) is 22.5. The van der Waals surface area contributed by atoms with E-state index in [2.05, 4.69) is 10.3 Å². The summed E-state index contributed by atoms with van der Waals surface area (Å²) in [5, 5.41) is 24.7. The standard InChI is InChI=1S/C24H23N3O4S/c28-20-13-12-18(27(30)31)14-16(20)15-25-24-22(23(29)26-17-8-4-3-5-9-17)19-10-6-1-2-7-11-21(19)32-24/h3-5,8-9,12-15,28H,1-2,6-7,10-11H2,(H,26,29). The second-order valence-electron chi connectivity index (χ2n) is 7.68. The number of aliphatic imine (C=N–C) groups is 1. The summed E-state index contributed by atoms with van der Waals surface area (Å²) in [6.07, 6.45) is 7.51. The van der Waals surface area contributed by atoms with Crippen molar-refractivity contribution in [2.75, 3.05) is 5.32 Å². The number of nitrogens with zero attached hydrogens (tertiary/aromatic N) is 2. The fourth-order valence-corrected chi connectivity index (χ4v) is 5.06. The number of carbonyl (C=O) groups excluding carboxylic acids is 1. The number of phenolic OH excluding ortho intramolecular Hbond substituents is 1. The van der Waals surface area contributed by atoms with Crippen molar-refractivity contribution in [3.8, 4) is 5.75 Å². The summed E-state index contributed by atoms with van der Waals surface area (Å²) in [6.45, 7) is 0. The molecule has 4 rings (SSSR count). The van der Waals surface area contributed by atoms with Crippen LogP contribution in [0.4, 0.5) is 16.4 Å². The molecule has 1 heterocycles. The number of nitro groups is 1. The van der Waals surface area contributed by atoms with Crippen LogP contribution in [0.2, 0.25) is 0 Å². The van der Waals surface area contributed by atoms with Gasteiger partial charge >= 0.3 is 0 Å². The molecule has 0 fully saturated rings. The van der Waals surface area contributed by atoms with Gasteiger partial charge in [-0.2, -0.15) is 0 Å². The van der Waals surface area contributed by atoms with Crippen molar-refractivity contribution in [1.29, 1.82) is 0 Å². The number of hydrogen-bond acceptors (Lipinski definition) is 6. The molecule has 2 aromatic carbocycles. The number of phenols is 1. The lowest BCUT2D eigenvalue weighted by Crippen LogP contribution is -2.14. The zero-order valence-electron chi connectivity index (χ0n) is 17.4. The predicted octanol–water partition coefficient (Wildman–Crippen LogP) is 6.02. The highest BCUT2D eigenvalue weighted by Gasteiger charge is 2.24. The van der Waals surface area contributed by atoms with E-state index in [1.54, 1.807) is 0 Å². The van der Waals surface area contributed by atoms with E-state index in [0.29, 0.717) is 16.3 Å². The Bertz CT molecular complexity index is 1170. The Hall–Kier alpha value is -3.52. The van der Waals surface area contributed by atoms with Gasteiger partial charge in [0.2, 0.25) is 0 Å². The Kier molecular flexibility index (Phi) is 6.61. The molecule has 1 aliphatic carbocycles. The van der Waals surface area contributed by atoms with Crippen molar-refractivity contribution in [2.24, 2.45) is 4.99 Å². The van der Waals surface area contributed by atoms with Gasteiger partial charge in [0.05, 0.1) is 10.5 Å². The first kappa shape index (κ1) is 21.7. The van der Waals surface area contributed by atoms with Crippen LogP contribution in [-0.4, -0.2) is 22.2 Å². The molecule has 0 spiro atoms. The Morgan fingerprint density at radius 2 is 1.84 bits per heavy atom. The number of thiophene rings is 1. The number of nitrogens with one attached hydrogen (secondary N) is 1. The summed E-state index contributed by atoms with van der Waals surface area (Å²) in [6, 6.07) is 13.0. The highest BCUT2D eigenvalue weighted by atomic mass is 32.1. The summed E-state index contributed by atoms with van der Waals surface area (Å²) in [5.41, 5.74) is 2.39. The molecule has 1 amide bonds. The molecule has 0 radical (unpaired) electrons. The molecule has 1 aliphatic rings. The summed E-state index contributed by atoms with van der Waals surface area (Å²) >= 11 is 1.48. The molecule has 0 saturated heterocycles. The van der Waals surface area contributed by atoms with Crippen LogP contribution in [0, 0.1) is 10.1 Å². The maximum Gasteiger partial charge on any atom is 0.270 e.